The molecular weight excluding hydrogens is 265 g/mol. The van der Waals surface area contributed by atoms with E-state index in [0.29, 0.717) is 18.5 Å². The van der Waals surface area contributed by atoms with Crippen molar-refractivity contribution in [3.8, 4) is 0 Å². The fourth-order valence-corrected chi connectivity index (χ4v) is 2.17. The molecule has 0 aromatic heterocycles. The summed E-state index contributed by atoms with van der Waals surface area (Å²) in [5.41, 5.74) is 7.26. The van der Waals surface area contributed by atoms with Crippen molar-refractivity contribution in [1.82, 2.24) is 5.32 Å². The number of nitrogens with one attached hydrogen (secondary N) is 1. The molecule has 0 heterocycles. The van der Waals surface area contributed by atoms with Crippen LogP contribution in [-0.4, -0.2) is 6.54 Å². The molecule has 0 spiro atoms. The van der Waals surface area contributed by atoms with Crippen molar-refractivity contribution < 1.29 is 13.2 Å². The fourth-order valence-electron chi connectivity index (χ4n) is 2.17. The molecule has 0 radical (unpaired) electrons. The van der Waals surface area contributed by atoms with Crippen LogP contribution in [0.4, 0.5) is 13.2 Å². The number of halogens is 3. The molecule has 2 nitrogen and oxygen atoms in total. The van der Waals surface area contributed by atoms with Crippen LogP contribution in [0.25, 0.3) is 0 Å². The van der Waals surface area contributed by atoms with Gasteiger partial charge in [0.05, 0.1) is 5.56 Å². The third kappa shape index (κ3) is 3.79. The van der Waals surface area contributed by atoms with Crippen molar-refractivity contribution in [2.75, 3.05) is 6.54 Å². The molecule has 1 aliphatic carbocycles. The second-order valence-corrected chi connectivity index (χ2v) is 4.77. The van der Waals surface area contributed by atoms with E-state index in [9.17, 15) is 13.2 Å². The fraction of sp³-hybridized carbons (Fsp3) is 0.333. The zero-order valence-corrected chi connectivity index (χ0v) is 11.0. The van der Waals surface area contributed by atoms with Crippen molar-refractivity contribution in [3.63, 3.8) is 0 Å². The van der Waals surface area contributed by atoms with Gasteiger partial charge >= 0.3 is 6.18 Å². The largest absolute Gasteiger partial charge is 0.416 e. The minimum Gasteiger partial charge on any atom is -0.402 e. The number of allylic oxidation sites excluding steroid dienone is 4. The number of hydrogen-bond acceptors (Lipinski definition) is 2. The number of rotatable bonds is 4. The summed E-state index contributed by atoms with van der Waals surface area (Å²) in [5.74, 6) is 0. The molecule has 20 heavy (non-hydrogen) atoms. The van der Waals surface area contributed by atoms with Crippen molar-refractivity contribution in [2.24, 2.45) is 5.73 Å². The van der Waals surface area contributed by atoms with Crippen LogP contribution in [0.1, 0.15) is 24.0 Å². The third-order valence-electron chi connectivity index (χ3n) is 3.25. The second-order valence-electron chi connectivity index (χ2n) is 4.77. The van der Waals surface area contributed by atoms with Crippen molar-refractivity contribution in [2.45, 2.75) is 25.4 Å². The third-order valence-corrected chi connectivity index (χ3v) is 3.25. The molecule has 5 heteroatoms. The number of alkyl halides is 3. The van der Waals surface area contributed by atoms with Gasteiger partial charge < -0.3 is 11.1 Å². The van der Waals surface area contributed by atoms with Crippen LogP contribution in [0, 0.1) is 0 Å². The summed E-state index contributed by atoms with van der Waals surface area (Å²) in [6, 6.07) is 5.70. The Morgan fingerprint density at radius 3 is 2.50 bits per heavy atom. The molecule has 1 aromatic carbocycles. The van der Waals surface area contributed by atoms with Gasteiger partial charge in [0.15, 0.2) is 0 Å². The van der Waals surface area contributed by atoms with Crippen LogP contribution in [0.3, 0.4) is 0 Å². The van der Waals surface area contributed by atoms with Crippen molar-refractivity contribution in [3.05, 3.63) is 58.9 Å². The minimum absolute atomic E-state index is 0.318. The first-order chi connectivity index (χ1) is 9.47. The summed E-state index contributed by atoms with van der Waals surface area (Å²) in [6.45, 7) is 0.479. The van der Waals surface area contributed by atoms with E-state index in [1.165, 1.54) is 12.1 Å². The average Bonchev–Trinajstić information content (AvgIpc) is 2.40. The normalized spacial score (nSPS) is 15.6. The quantitative estimate of drug-likeness (QED) is 0.888. The minimum atomic E-state index is -4.29. The number of benzene rings is 1. The lowest BCUT2D eigenvalue weighted by molar-refractivity contribution is -0.138. The Labute approximate surface area is 116 Å². The zero-order valence-electron chi connectivity index (χ0n) is 11.0. The lowest BCUT2D eigenvalue weighted by Crippen LogP contribution is -2.20. The van der Waals surface area contributed by atoms with Gasteiger partial charge in [-0.1, -0.05) is 18.2 Å². The lowest BCUT2D eigenvalue weighted by atomic mass is 10.0. The van der Waals surface area contributed by atoms with Gasteiger partial charge in [-0.3, -0.25) is 0 Å². The van der Waals surface area contributed by atoms with Crippen LogP contribution < -0.4 is 11.1 Å². The summed E-state index contributed by atoms with van der Waals surface area (Å²) in [6.07, 6.45) is 1.36. The van der Waals surface area contributed by atoms with Crippen LogP contribution in [0.15, 0.2) is 47.8 Å². The van der Waals surface area contributed by atoms with Gasteiger partial charge in [-0.05, 0) is 43.0 Å². The first kappa shape index (κ1) is 14.5. The molecule has 0 amide bonds. The van der Waals surface area contributed by atoms with E-state index in [1.807, 2.05) is 12.2 Å². The highest BCUT2D eigenvalue weighted by Crippen LogP contribution is 2.31. The van der Waals surface area contributed by atoms with Gasteiger partial charge in [0.25, 0.3) is 0 Å². The standard InChI is InChI=1S/C15H17F3N2/c16-15(17,18)14-4-2-1-3-11(14)9-10-20-13-7-5-12(19)6-8-13/h1-5,7,20H,6,8-10,19H2. The monoisotopic (exact) mass is 282 g/mol. The lowest BCUT2D eigenvalue weighted by Gasteiger charge is -2.16. The van der Waals surface area contributed by atoms with Gasteiger partial charge in [-0.15, -0.1) is 0 Å². The zero-order chi connectivity index (χ0) is 14.6. The Kier molecular flexibility index (Phi) is 4.37. The van der Waals surface area contributed by atoms with Crippen LogP contribution >= 0.6 is 0 Å². The molecular formula is C15H17F3N2. The first-order valence-corrected chi connectivity index (χ1v) is 6.51. The Bertz CT molecular complexity index is 530. The van der Waals surface area contributed by atoms with E-state index in [-0.39, 0.29) is 0 Å². The molecule has 108 valence electrons. The van der Waals surface area contributed by atoms with E-state index >= 15 is 0 Å². The Balaban J connectivity index is 1.95. The highest BCUT2D eigenvalue weighted by Gasteiger charge is 2.32. The second kappa shape index (κ2) is 6.03. The van der Waals surface area contributed by atoms with E-state index in [1.54, 1.807) is 6.07 Å². The SMILES string of the molecule is NC1=CC=C(NCCc2ccccc2C(F)(F)F)CC1. The molecule has 0 fully saturated rings. The molecule has 0 saturated carbocycles. The average molecular weight is 282 g/mol. The predicted molar refractivity (Wildman–Crippen MR) is 72.7 cm³/mol. The molecule has 0 unspecified atom stereocenters. The Morgan fingerprint density at radius 2 is 1.85 bits per heavy atom. The summed E-state index contributed by atoms with van der Waals surface area (Å²) in [7, 11) is 0. The van der Waals surface area contributed by atoms with E-state index < -0.39 is 11.7 Å². The number of hydrogen-bond donors (Lipinski definition) is 2. The summed E-state index contributed by atoms with van der Waals surface area (Å²) >= 11 is 0. The molecule has 2 rings (SSSR count). The maximum absolute atomic E-state index is 12.8. The molecule has 0 saturated heterocycles. The van der Waals surface area contributed by atoms with Gasteiger partial charge in [-0.2, -0.15) is 13.2 Å². The van der Waals surface area contributed by atoms with Gasteiger partial charge in [0, 0.05) is 17.9 Å². The summed E-state index contributed by atoms with van der Waals surface area (Å²) in [4.78, 5) is 0. The maximum atomic E-state index is 12.8. The van der Waals surface area contributed by atoms with Crippen LogP contribution in [0.2, 0.25) is 0 Å². The smallest absolute Gasteiger partial charge is 0.402 e. The van der Waals surface area contributed by atoms with E-state index in [4.69, 9.17) is 5.73 Å². The van der Waals surface area contributed by atoms with Gasteiger partial charge in [-0.25, -0.2) is 0 Å². The van der Waals surface area contributed by atoms with Gasteiger partial charge in [0.2, 0.25) is 0 Å². The maximum Gasteiger partial charge on any atom is 0.416 e. The highest BCUT2D eigenvalue weighted by molar-refractivity contribution is 5.30. The van der Waals surface area contributed by atoms with Crippen molar-refractivity contribution in [1.29, 1.82) is 0 Å². The van der Waals surface area contributed by atoms with E-state index in [2.05, 4.69) is 5.32 Å². The first-order valence-electron chi connectivity index (χ1n) is 6.51. The molecule has 3 N–H and O–H groups in total. The van der Waals surface area contributed by atoms with Crippen molar-refractivity contribution >= 4 is 0 Å². The molecule has 0 aliphatic heterocycles. The summed E-state index contributed by atoms with van der Waals surface area (Å²) < 4.78 is 38.5. The molecule has 0 atom stereocenters. The molecule has 1 aliphatic rings. The topological polar surface area (TPSA) is 38.0 Å². The van der Waals surface area contributed by atoms with E-state index in [0.717, 1.165) is 30.3 Å². The number of nitrogens with two attached hydrogens (primary N) is 1. The van der Waals surface area contributed by atoms with Crippen LogP contribution in [0.5, 0.6) is 0 Å². The Hall–Kier alpha value is -1.91. The van der Waals surface area contributed by atoms with Gasteiger partial charge in [0.1, 0.15) is 0 Å². The Morgan fingerprint density at radius 1 is 1.10 bits per heavy atom. The summed E-state index contributed by atoms with van der Waals surface area (Å²) in [5, 5.41) is 3.16. The highest BCUT2D eigenvalue weighted by atomic mass is 19.4. The predicted octanol–water partition coefficient (Wildman–Crippen LogP) is 3.36. The molecule has 0 bridgehead atoms. The van der Waals surface area contributed by atoms with Crippen LogP contribution in [-0.2, 0) is 12.6 Å². The molecule has 1 aromatic rings.